The monoisotopic (exact) mass is 401 g/mol. The van der Waals surface area contributed by atoms with Crippen LogP contribution in [-0.4, -0.2) is 22.5 Å². The Morgan fingerprint density at radius 2 is 1.75 bits per heavy atom. The second kappa shape index (κ2) is 9.01. The van der Waals surface area contributed by atoms with Gasteiger partial charge in [0.15, 0.2) is 12.4 Å². The topological polar surface area (TPSA) is 90.7 Å². The normalized spacial score (nSPS) is 10.4. The van der Waals surface area contributed by atoms with Crippen molar-refractivity contribution < 1.29 is 18.7 Å². The highest BCUT2D eigenvalue weighted by molar-refractivity contribution is 6.30. The van der Waals surface area contributed by atoms with E-state index in [-0.39, 0.29) is 29.2 Å². The van der Waals surface area contributed by atoms with E-state index in [0.717, 1.165) is 5.56 Å². The number of halogens is 2. The van der Waals surface area contributed by atoms with Crippen molar-refractivity contribution in [3.05, 3.63) is 75.9 Å². The average Bonchev–Trinajstić information content (AvgIpc) is 2.73. The van der Waals surface area contributed by atoms with Crippen molar-refractivity contribution in [2.75, 3.05) is 6.61 Å². The number of nitrogens with zero attached hydrogens (tertiary/aromatic N) is 3. The maximum Gasteiger partial charge on any atom is 0.323 e. The van der Waals surface area contributed by atoms with Crippen molar-refractivity contribution >= 4 is 17.5 Å². The lowest BCUT2D eigenvalue weighted by molar-refractivity contribution is -0.119. The minimum absolute atomic E-state index is 0.0274. The molecule has 1 aromatic heterocycles. The predicted octanol–water partition coefficient (Wildman–Crippen LogP) is 4.19. The Labute approximate surface area is 164 Å². The van der Waals surface area contributed by atoms with Crippen LogP contribution in [0.15, 0.2) is 59.8 Å². The summed E-state index contributed by atoms with van der Waals surface area (Å²) >= 11 is 5.71. The van der Waals surface area contributed by atoms with Crippen molar-refractivity contribution in [3.8, 4) is 23.1 Å². The summed E-state index contributed by atoms with van der Waals surface area (Å²) in [5, 5.41) is 2.21. The van der Waals surface area contributed by atoms with Crippen LogP contribution in [0, 0.1) is 10.7 Å². The molecule has 0 radical (unpaired) electrons. The van der Waals surface area contributed by atoms with Crippen molar-refractivity contribution in [1.82, 2.24) is 9.97 Å². The van der Waals surface area contributed by atoms with Gasteiger partial charge in [-0.2, -0.15) is 9.97 Å². The first-order valence-electron chi connectivity index (χ1n) is 8.05. The van der Waals surface area contributed by atoms with E-state index >= 15 is 0 Å². The maximum atomic E-state index is 13.8. The molecule has 2 aromatic carbocycles. The SMILES string of the molecule is O=NC(=O)COc1cc(OCc2ccccc2)nc(-c2ccc(Cl)c(F)c2)n1. The van der Waals surface area contributed by atoms with Crippen LogP contribution in [0.3, 0.4) is 0 Å². The summed E-state index contributed by atoms with van der Waals surface area (Å²) in [5.74, 6) is -1.42. The molecule has 0 saturated heterocycles. The predicted molar refractivity (Wildman–Crippen MR) is 99.5 cm³/mol. The Bertz CT molecular complexity index is 1000. The maximum absolute atomic E-state index is 13.8. The molecule has 0 N–H and O–H groups in total. The summed E-state index contributed by atoms with van der Waals surface area (Å²) in [6, 6.07) is 14.8. The van der Waals surface area contributed by atoms with E-state index in [9.17, 15) is 14.1 Å². The molecule has 0 saturated carbocycles. The Morgan fingerprint density at radius 3 is 2.43 bits per heavy atom. The highest BCUT2D eigenvalue weighted by Gasteiger charge is 2.13. The van der Waals surface area contributed by atoms with Crippen molar-refractivity contribution in [1.29, 1.82) is 0 Å². The highest BCUT2D eigenvalue weighted by atomic mass is 35.5. The molecule has 0 atom stereocenters. The molecule has 7 nitrogen and oxygen atoms in total. The summed E-state index contributed by atoms with van der Waals surface area (Å²) in [7, 11) is 0. The van der Waals surface area contributed by atoms with Crippen LogP contribution < -0.4 is 9.47 Å². The molecule has 3 rings (SSSR count). The van der Waals surface area contributed by atoms with Crippen LogP contribution >= 0.6 is 11.6 Å². The number of hydrogen-bond donors (Lipinski definition) is 0. The molecule has 0 unspecified atom stereocenters. The summed E-state index contributed by atoms with van der Waals surface area (Å²) < 4.78 is 24.6. The third kappa shape index (κ3) is 5.08. The fourth-order valence-electron chi connectivity index (χ4n) is 2.21. The number of nitroso groups, excluding NO2 is 1. The summed E-state index contributed by atoms with van der Waals surface area (Å²) in [5.41, 5.74) is 1.24. The Kier molecular flexibility index (Phi) is 6.23. The van der Waals surface area contributed by atoms with Gasteiger partial charge in [0.25, 0.3) is 0 Å². The average molecular weight is 402 g/mol. The van der Waals surface area contributed by atoms with E-state index in [0.29, 0.717) is 5.56 Å². The number of benzene rings is 2. The van der Waals surface area contributed by atoms with Crippen LogP contribution in [0.1, 0.15) is 5.56 Å². The number of amides is 1. The Balaban J connectivity index is 1.89. The number of hydrogen-bond acceptors (Lipinski definition) is 6. The largest absolute Gasteiger partial charge is 0.473 e. The van der Waals surface area contributed by atoms with Crippen LogP contribution in [0.4, 0.5) is 4.39 Å². The quantitative estimate of drug-likeness (QED) is 0.551. The van der Waals surface area contributed by atoms with Crippen LogP contribution in [0.5, 0.6) is 11.8 Å². The van der Waals surface area contributed by atoms with Gasteiger partial charge >= 0.3 is 5.91 Å². The Morgan fingerprint density at radius 1 is 1.04 bits per heavy atom. The number of carbonyl (C=O) groups is 1. The van der Waals surface area contributed by atoms with E-state index in [1.807, 2.05) is 30.3 Å². The second-order valence-electron chi connectivity index (χ2n) is 5.54. The first-order valence-corrected chi connectivity index (χ1v) is 8.43. The molecule has 1 heterocycles. The van der Waals surface area contributed by atoms with Gasteiger partial charge in [-0.25, -0.2) is 4.39 Å². The van der Waals surface area contributed by atoms with Crippen molar-refractivity contribution in [2.45, 2.75) is 6.61 Å². The zero-order valence-corrected chi connectivity index (χ0v) is 15.1. The standard InChI is InChI=1S/C19H13ClFN3O4/c20-14-7-6-13(8-15(14)21)19-22-17(27-10-12-4-2-1-3-5-12)9-18(23-19)28-11-16(25)24-26/h1-9H,10-11H2. The molecular weight excluding hydrogens is 389 g/mol. The Hall–Kier alpha value is -3.39. The van der Waals surface area contributed by atoms with E-state index < -0.39 is 18.3 Å². The third-order valence-electron chi connectivity index (χ3n) is 3.53. The van der Waals surface area contributed by atoms with Gasteiger partial charge in [-0.15, -0.1) is 4.91 Å². The van der Waals surface area contributed by atoms with Crippen LogP contribution in [0.2, 0.25) is 5.02 Å². The van der Waals surface area contributed by atoms with E-state index in [2.05, 4.69) is 15.1 Å². The molecule has 0 aliphatic carbocycles. The number of ether oxygens (including phenoxy) is 2. The summed E-state index contributed by atoms with van der Waals surface area (Å²) in [4.78, 5) is 29.7. The van der Waals surface area contributed by atoms with Gasteiger partial charge in [-0.1, -0.05) is 41.9 Å². The van der Waals surface area contributed by atoms with Gasteiger partial charge in [0.2, 0.25) is 11.8 Å². The molecule has 9 heteroatoms. The van der Waals surface area contributed by atoms with Gasteiger partial charge in [-0.05, 0) is 23.8 Å². The zero-order chi connectivity index (χ0) is 19.9. The molecular formula is C19H13ClFN3O4. The molecule has 3 aromatic rings. The molecule has 0 aliphatic heterocycles. The molecule has 0 spiro atoms. The first kappa shape index (κ1) is 19.4. The fourth-order valence-corrected chi connectivity index (χ4v) is 2.33. The minimum atomic E-state index is -0.996. The first-order chi connectivity index (χ1) is 13.5. The summed E-state index contributed by atoms with van der Waals surface area (Å²) in [6.45, 7) is -0.367. The van der Waals surface area contributed by atoms with Gasteiger partial charge in [0.05, 0.1) is 11.1 Å². The number of rotatable bonds is 7. The molecule has 0 fully saturated rings. The second-order valence-corrected chi connectivity index (χ2v) is 5.95. The molecule has 0 aliphatic rings. The molecule has 0 bridgehead atoms. The number of aromatic nitrogens is 2. The lowest BCUT2D eigenvalue weighted by Crippen LogP contribution is -2.10. The van der Waals surface area contributed by atoms with E-state index in [4.69, 9.17) is 21.1 Å². The van der Waals surface area contributed by atoms with E-state index in [1.54, 1.807) is 0 Å². The third-order valence-corrected chi connectivity index (χ3v) is 3.84. The molecule has 28 heavy (non-hydrogen) atoms. The van der Waals surface area contributed by atoms with Crippen LogP contribution in [0.25, 0.3) is 11.4 Å². The molecule has 1 amide bonds. The zero-order valence-electron chi connectivity index (χ0n) is 14.3. The van der Waals surface area contributed by atoms with E-state index in [1.165, 1.54) is 24.3 Å². The lowest BCUT2D eigenvalue weighted by atomic mass is 10.2. The smallest absolute Gasteiger partial charge is 0.323 e. The van der Waals surface area contributed by atoms with Gasteiger partial charge < -0.3 is 9.47 Å². The minimum Gasteiger partial charge on any atom is -0.473 e. The highest BCUT2D eigenvalue weighted by Crippen LogP contribution is 2.26. The van der Waals surface area contributed by atoms with Gasteiger partial charge in [0, 0.05) is 10.7 Å². The van der Waals surface area contributed by atoms with Gasteiger partial charge in [-0.3, -0.25) is 4.79 Å². The van der Waals surface area contributed by atoms with Crippen molar-refractivity contribution in [3.63, 3.8) is 0 Å². The molecule has 142 valence electrons. The van der Waals surface area contributed by atoms with Gasteiger partial charge in [0.1, 0.15) is 12.4 Å². The van der Waals surface area contributed by atoms with Crippen molar-refractivity contribution in [2.24, 2.45) is 5.18 Å². The summed E-state index contributed by atoms with van der Waals surface area (Å²) in [6.07, 6.45) is 0. The number of carbonyl (C=O) groups excluding carboxylic acids is 1. The lowest BCUT2D eigenvalue weighted by Gasteiger charge is -2.10. The fraction of sp³-hybridized carbons (Fsp3) is 0.105. The van der Waals surface area contributed by atoms with Crippen LogP contribution in [-0.2, 0) is 11.4 Å².